The van der Waals surface area contributed by atoms with Crippen LogP contribution in [0.15, 0.2) is 24.3 Å². The summed E-state index contributed by atoms with van der Waals surface area (Å²) in [5, 5.41) is 0. The molecule has 3 rings (SSSR count). The van der Waals surface area contributed by atoms with Crippen LogP contribution in [-0.4, -0.2) is 22.0 Å². The second kappa shape index (κ2) is 3.87. The van der Waals surface area contributed by atoms with Crippen LogP contribution in [0.5, 0.6) is 0 Å². The van der Waals surface area contributed by atoms with E-state index in [2.05, 4.69) is 9.97 Å². The highest BCUT2D eigenvalue weighted by Gasteiger charge is 2.31. The van der Waals surface area contributed by atoms with Crippen LogP contribution in [0.1, 0.15) is 30.4 Å². The number of nitrogens with one attached hydrogen (secondary N) is 1. The van der Waals surface area contributed by atoms with Gasteiger partial charge in [0, 0.05) is 0 Å². The van der Waals surface area contributed by atoms with Crippen LogP contribution in [0.3, 0.4) is 0 Å². The summed E-state index contributed by atoms with van der Waals surface area (Å²) in [6.45, 7) is 1.94. The van der Waals surface area contributed by atoms with Gasteiger partial charge in [-0.25, -0.2) is 9.78 Å². The number of esters is 1. The zero-order valence-corrected chi connectivity index (χ0v) is 9.64. The number of hydrogen-bond acceptors (Lipinski definition) is 3. The molecular formula is C13H14N2O2. The van der Waals surface area contributed by atoms with Crippen molar-refractivity contribution in [2.24, 2.45) is 5.92 Å². The average molecular weight is 230 g/mol. The molecule has 1 heterocycles. The minimum atomic E-state index is -0.361. The fourth-order valence-corrected chi connectivity index (χ4v) is 1.94. The molecule has 1 saturated carbocycles. The smallest absolute Gasteiger partial charge is 0.374 e. The summed E-state index contributed by atoms with van der Waals surface area (Å²) in [5.41, 5.74) is 1.65. The number of para-hydroxylation sites is 2. The molecule has 0 radical (unpaired) electrons. The largest absolute Gasteiger partial charge is 0.457 e. The molecule has 1 aromatic heterocycles. The number of benzene rings is 1. The van der Waals surface area contributed by atoms with Gasteiger partial charge in [0.2, 0.25) is 5.82 Å². The quantitative estimate of drug-likeness (QED) is 0.824. The first-order chi connectivity index (χ1) is 8.24. The first-order valence-corrected chi connectivity index (χ1v) is 5.90. The SMILES string of the molecule is CC(OC(=O)c1nc2ccccc2[nH]1)C1CC1. The predicted molar refractivity (Wildman–Crippen MR) is 63.7 cm³/mol. The average Bonchev–Trinajstić information content (AvgIpc) is 3.08. The van der Waals surface area contributed by atoms with E-state index in [-0.39, 0.29) is 12.1 Å². The zero-order chi connectivity index (χ0) is 11.8. The summed E-state index contributed by atoms with van der Waals surface area (Å²) in [6.07, 6.45) is 2.32. The van der Waals surface area contributed by atoms with Crippen molar-refractivity contribution in [3.05, 3.63) is 30.1 Å². The van der Waals surface area contributed by atoms with Crippen molar-refractivity contribution in [1.29, 1.82) is 0 Å². The standard InChI is InChI=1S/C13H14N2O2/c1-8(9-6-7-9)17-13(16)12-14-10-4-2-3-5-11(10)15-12/h2-5,8-9H,6-7H2,1H3,(H,14,15). The van der Waals surface area contributed by atoms with Crippen molar-refractivity contribution in [1.82, 2.24) is 9.97 Å². The Morgan fingerprint density at radius 3 is 2.94 bits per heavy atom. The van der Waals surface area contributed by atoms with Crippen LogP contribution in [-0.2, 0) is 4.74 Å². The first-order valence-electron chi connectivity index (χ1n) is 5.90. The zero-order valence-electron chi connectivity index (χ0n) is 9.64. The summed E-state index contributed by atoms with van der Waals surface area (Å²) in [7, 11) is 0. The van der Waals surface area contributed by atoms with E-state index < -0.39 is 0 Å². The molecule has 0 saturated heterocycles. The van der Waals surface area contributed by atoms with Gasteiger partial charge >= 0.3 is 5.97 Å². The predicted octanol–water partition coefficient (Wildman–Crippen LogP) is 2.52. The lowest BCUT2D eigenvalue weighted by Gasteiger charge is -2.10. The molecule has 1 fully saturated rings. The third-order valence-electron chi connectivity index (χ3n) is 3.16. The van der Waals surface area contributed by atoms with Gasteiger partial charge in [-0.15, -0.1) is 0 Å². The van der Waals surface area contributed by atoms with Gasteiger partial charge in [0.25, 0.3) is 0 Å². The summed E-state index contributed by atoms with van der Waals surface area (Å²) in [6, 6.07) is 7.56. The Bertz CT molecular complexity index is 524. The number of hydrogen-bond donors (Lipinski definition) is 1. The maximum absolute atomic E-state index is 11.8. The number of rotatable bonds is 3. The van der Waals surface area contributed by atoms with Crippen LogP contribution in [0.4, 0.5) is 0 Å². The highest BCUT2D eigenvalue weighted by atomic mass is 16.5. The number of carbonyl (C=O) groups is 1. The molecule has 4 nitrogen and oxygen atoms in total. The maximum Gasteiger partial charge on any atom is 0.374 e. The third-order valence-corrected chi connectivity index (χ3v) is 3.16. The number of imidazole rings is 1. The van der Waals surface area contributed by atoms with Crippen LogP contribution in [0, 0.1) is 5.92 Å². The van der Waals surface area contributed by atoms with E-state index in [0.29, 0.717) is 11.7 Å². The van der Waals surface area contributed by atoms with Gasteiger partial charge in [0.1, 0.15) is 6.10 Å². The van der Waals surface area contributed by atoms with Crippen molar-refractivity contribution in [3.8, 4) is 0 Å². The minimum Gasteiger partial charge on any atom is -0.457 e. The van der Waals surface area contributed by atoms with Crippen LogP contribution >= 0.6 is 0 Å². The molecule has 1 N–H and O–H groups in total. The van der Waals surface area contributed by atoms with Gasteiger partial charge < -0.3 is 9.72 Å². The molecule has 0 amide bonds. The molecule has 1 unspecified atom stereocenters. The van der Waals surface area contributed by atoms with E-state index in [4.69, 9.17) is 4.74 Å². The number of aromatic amines is 1. The molecule has 1 aliphatic rings. The van der Waals surface area contributed by atoms with Gasteiger partial charge in [-0.05, 0) is 37.8 Å². The summed E-state index contributed by atoms with van der Waals surface area (Å²) in [4.78, 5) is 19.0. The molecular weight excluding hydrogens is 216 g/mol. The van der Waals surface area contributed by atoms with Gasteiger partial charge in [0.15, 0.2) is 0 Å². The second-order valence-electron chi connectivity index (χ2n) is 4.55. The molecule has 1 atom stereocenters. The number of H-pyrrole nitrogens is 1. The van der Waals surface area contributed by atoms with E-state index in [1.54, 1.807) is 0 Å². The van der Waals surface area contributed by atoms with Crippen molar-refractivity contribution < 1.29 is 9.53 Å². The van der Waals surface area contributed by atoms with Gasteiger partial charge in [-0.2, -0.15) is 0 Å². The minimum absolute atomic E-state index is 0.00397. The Labute approximate surface area is 99.0 Å². The van der Waals surface area contributed by atoms with Gasteiger partial charge in [-0.1, -0.05) is 12.1 Å². The highest BCUT2D eigenvalue weighted by Crippen LogP contribution is 2.34. The van der Waals surface area contributed by atoms with Crippen molar-refractivity contribution in [2.75, 3.05) is 0 Å². The lowest BCUT2D eigenvalue weighted by atomic mass is 10.3. The van der Waals surface area contributed by atoms with E-state index >= 15 is 0 Å². The Hall–Kier alpha value is -1.84. The molecule has 0 spiro atoms. The Balaban J connectivity index is 1.80. The van der Waals surface area contributed by atoms with E-state index in [1.807, 2.05) is 31.2 Å². The topological polar surface area (TPSA) is 55.0 Å². The lowest BCUT2D eigenvalue weighted by Crippen LogP contribution is -2.17. The van der Waals surface area contributed by atoms with Crippen molar-refractivity contribution in [3.63, 3.8) is 0 Å². The Morgan fingerprint density at radius 2 is 2.24 bits per heavy atom. The Morgan fingerprint density at radius 1 is 1.47 bits per heavy atom. The number of nitrogens with zero attached hydrogens (tertiary/aromatic N) is 1. The van der Waals surface area contributed by atoms with Crippen molar-refractivity contribution >= 4 is 17.0 Å². The van der Waals surface area contributed by atoms with E-state index in [9.17, 15) is 4.79 Å². The van der Waals surface area contributed by atoms with Crippen molar-refractivity contribution in [2.45, 2.75) is 25.9 Å². The normalized spacial score (nSPS) is 17.0. The third kappa shape index (κ3) is 2.02. The van der Waals surface area contributed by atoms with Crippen LogP contribution in [0.25, 0.3) is 11.0 Å². The first kappa shape index (κ1) is 10.3. The number of aromatic nitrogens is 2. The molecule has 88 valence electrons. The summed E-state index contributed by atoms with van der Waals surface area (Å²) in [5.74, 6) is 0.475. The summed E-state index contributed by atoms with van der Waals surface area (Å²) >= 11 is 0. The van der Waals surface area contributed by atoms with Crippen LogP contribution < -0.4 is 0 Å². The molecule has 1 aliphatic carbocycles. The second-order valence-corrected chi connectivity index (χ2v) is 4.55. The molecule has 0 bridgehead atoms. The monoisotopic (exact) mass is 230 g/mol. The molecule has 17 heavy (non-hydrogen) atoms. The number of fused-ring (bicyclic) bond motifs is 1. The lowest BCUT2D eigenvalue weighted by molar-refractivity contribution is 0.0282. The summed E-state index contributed by atoms with van der Waals surface area (Å²) < 4.78 is 5.36. The van der Waals surface area contributed by atoms with E-state index in [0.717, 1.165) is 23.9 Å². The molecule has 2 aromatic rings. The molecule has 1 aromatic carbocycles. The van der Waals surface area contributed by atoms with Crippen LogP contribution in [0.2, 0.25) is 0 Å². The van der Waals surface area contributed by atoms with Gasteiger partial charge in [0.05, 0.1) is 11.0 Å². The number of carbonyl (C=O) groups excluding carboxylic acids is 1. The highest BCUT2D eigenvalue weighted by molar-refractivity contribution is 5.90. The van der Waals surface area contributed by atoms with E-state index in [1.165, 1.54) is 0 Å². The molecule has 0 aliphatic heterocycles. The fraction of sp³-hybridized carbons (Fsp3) is 0.385. The Kier molecular flexibility index (Phi) is 2.35. The van der Waals surface area contributed by atoms with Gasteiger partial charge in [-0.3, -0.25) is 0 Å². The number of ether oxygens (including phenoxy) is 1. The molecule has 4 heteroatoms. The fourth-order valence-electron chi connectivity index (χ4n) is 1.94. The maximum atomic E-state index is 11.8.